The van der Waals surface area contributed by atoms with E-state index in [4.69, 9.17) is 0 Å². The summed E-state index contributed by atoms with van der Waals surface area (Å²) in [6.07, 6.45) is 3.43. The smallest absolute Gasteiger partial charge is 0.123 e. The van der Waals surface area contributed by atoms with Crippen molar-refractivity contribution in [1.29, 1.82) is 0 Å². The van der Waals surface area contributed by atoms with E-state index in [2.05, 4.69) is 9.98 Å². The van der Waals surface area contributed by atoms with Crippen LogP contribution in [-0.4, -0.2) is 12.4 Å². The van der Waals surface area contributed by atoms with Crippen molar-refractivity contribution in [2.24, 2.45) is 9.98 Å². The van der Waals surface area contributed by atoms with Crippen LogP contribution in [0.2, 0.25) is 0 Å². The molecule has 0 unspecified atom stereocenters. The van der Waals surface area contributed by atoms with E-state index < -0.39 is 0 Å². The molecule has 2 nitrogen and oxygen atoms in total. The van der Waals surface area contributed by atoms with Gasteiger partial charge in [0.1, 0.15) is 11.6 Å². The molecule has 0 saturated carbocycles. The molecule has 3 aromatic carbocycles. The maximum Gasteiger partial charge on any atom is 0.123 e. The van der Waals surface area contributed by atoms with Crippen molar-refractivity contribution in [3.05, 3.63) is 95.6 Å². The molecule has 4 heteroatoms. The zero-order chi connectivity index (χ0) is 16.8. The van der Waals surface area contributed by atoms with Gasteiger partial charge < -0.3 is 0 Å². The van der Waals surface area contributed by atoms with Gasteiger partial charge in [-0.2, -0.15) is 0 Å². The minimum Gasteiger partial charge on any atom is -0.256 e. The van der Waals surface area contributed by atoms with E-state index in [0.29, 0.717) is 11.4 Å². The fourth-order valence-electron chi connectivity index (χ4n) is 2.02. The summed E-state index contributed by atoms with van der Waals surface area (Å²) in [4.78, 5) is 8.58. The second kappa shape index (κ2) is 7.42. The Labute approximate surface area is 138 Å². The lowest BCUT2D eigenvalue weighted by Crippen LogP contribution is -1.84. The lowest BCUT2D eigenvalue weighted by molar-refractivity contribution is 0.627. The molecule has 3 aromatic rings. The summed E-state index contributed by atoms with van der Waals surface area (Å²) < 4.78 is 25.7. The predicted octanol–water partition coefficient (Wildman–Crippen LogP) is 5.47. The summed E-state index contributed by atoms with van der Waals surface area (Å²) in [6, 6.07) is 19.7. The summed E-state index contributed by atoms with van der Waals surface area (Å²) in [7, 11) is 0. The molecule has 0 atom stereocenters. The first-order chi connectivity index (χ1) is 11.7. The number of halogens is 2. The Hall–Kier alpha value is -3.14. The van der Waals surface area contributed by atoms with Gasteiger partial charge in [-0.15, -0.1) is 0 Å². The Kier molecular flexibility index (Phi) is 4.87. The van der Waals surface area contributed by atoms with E-state index in [0.717, 1.165) is 11.1 Å². The molecule has 0 N–H and O–H groups in total. The molecular formula is C20H14F2N2. The van der Waals surface area contributed by atoms with Gasteiger partial charge in [-0.3, -0.25) is 9.98 Å². The van der Waals surface area contributed by atoms with Crippen LogP contribution in [0.15, 0.2) is 82.8 Å². The molecule has 0 radical (unpaired) electrons. The zero-order valence-electron chi connectivity index (χ0n) is 12.7. The molecule has 24 heavy (non-hydrogen) atoms. The largest absolute Gasteiger partial charge is 0.256 e. The van der Waals surface area contributed by atoms with Crippen molar-refractivity contribution in [3.63, 3.8) is 0 Å². The Morgan fingerprint density at radius 3 is 1.17 bits per heavy atom. The van der Waals surface area contributed by atoms with Crippen LogP contribution in [0.4, 0.5) is 20.2 Å². The summed E-state index contributed by atoms with van der Waals surface area (Å²) in [5, 5.41) is 0. The molecule has 0 saturated heterocycles. The third kappa shape index (κ3) is 4.43. The highest BCUT2D eigenvalue weighted by atomic mass is 19.1. The SMILES string of the molecule is Fc1ccc(N=Cc2ccc(C=Nc3ccc(F)cc3)cc2)cc1. The van der Waals surface area contributed by atoms with Gasteiger partial charge in [0.15, 0.2) is 0 Å². The Balaban J connectivity index is 1.66. The van der Waals surface area contributed by atoms with Crippen LogP contribution in [0.1, 0.15) is 11.1 Å². The van der Waals surface area contributed by atoms with E-state index in [-0.39, 0.29) is 11.6 Å². The molecule has 0 spiro atoms. The summed E-state index contributed by atoms with van der Waals surface area (Å²) in [5.74, 6) is -0.558. The molecule has 0 bridgehead atoms. The average molecular weight is 320 g/mol. The predicted molar refractivity (Wildman–Crippen MR) is 93.8 cm³/mol. The van der Waals surface area contributed by atoms with Crippen LogP contribution in [0.5, 0.6) is 0 Å². The van der Waals surface area contributed by atoms with Crippen molar-refractivity contribution in [2.45, 2.75) is 0 Å². The molecule has 0 fully saturated rings. The fourth-order valence-corrected chi connectivity index (χ4v) is 2.02. The maximum atomic E-state index is 12.8. The third-order valence-corrected chi connectivity index (χ3v) is 3.32. The van der Waals surface area contributed by atoms with E-state index in [1.54, 1.807) is 36.7 Å². The Morgan fingerprint density at radius 2 is 0.833 bits per heavy atom. The number of aliphatic imine (C=N–C) groups is 2. The van der Waals surface area contributed by atoms with Gasteiger partial charge in [-0.25, -0.2) is 8.78 Å². The van der Waals surface area contributed by atoms with Crippen molar-refractivity contribution in [1.82, 2.24) is 0 Å². The van der Waals surface area contributed by atoms with Crippen molar-refractivity contribution in [2.75, 3.05) is 0 Å². The third-order valence-electron chi connectivity index (χ3n) is 3.32. The summed E-state index contributed by atoms with van der Waals surface area (Å²) >= 11 is 0. The number of hydrogen-bond donors (Lipinski definition) is 0. The van der Waals surface area contributed by atoms with Gasteiger partial charge in [-0.05, 0) is 59.7 Å². The quantitative estimate of drug-likeness (QED) is 0.570. The average Bonchev–Trinajstić information content (AvgIpc) is 2.62. The molecule has 0 aliphatic carbocycles. The van der Waals surface area contributed by atoms with Crippen LogP contribution in [0, 0.1) is 11.6 Å². The van der Waals surface area contributed by atoms with Gasteiger partial charge in [0.2, 0.25) is 0 Å². The molecule has 0 heterocycles. The first kappa shape index (κ1) is 15.7. The first-order valence-corrected chi connectivity index (χ1v) is 7.38. The molecule has 0 amide bonds. The summed E-state index contributed by atoms with van der Waals surface area (Å²) in [6.45, 7) is 0. The monoisotopic (exact) mass is 320 g/mol. The van der Waals surface area contributed by atoms with Crippen LogP contribution in [-0.2, 0) is 0 Å². The van der Waals surface area contributed by atoms with Gasteiger partial charge in [-0.1, -0.05) is 24.3 Å². The van der Waals surface area contributed by atoms with Crippen LogP contribution < -0.4 is 0 Å². The van der Waals surface area contributed by atoms with Crippen LogP contribution in [0.25, 0.3) is 0 Å². The molecular weight excluding hydrogens is 306 g/mol. The first-order valence-electron chi connectivity index (χ1n) is 7.38. The standard InChI is InChI=1S/C20H14F2N2/c21-17-5-9-19(10-6-17)23-13-15-1-2-16(4-3-15)14-24-20-11-7-18(22)8-12-20/h1-14H. The Bertz CT molecular complexity index is 775. The number of hydrogen-bond acceptors (Lipinski definition) is 2. The lowest BCUT2D eigenvalue weighted by atomic mass is 10.1. The minimum absolute atomic E-state index is 0.279. The van der Waals surface area contributed by atoms with E-state index in [9.17, 15) is 8.78 Å². The fraction of sp³-hybridized carbons (Fsp3) is 0. The van der Waals surface area contributed by atoms with Gasteiger partial charge in [0, 0.05) is 12.4 Å². The van der Waals surface area contributed by atoms with E-state index in [1.807, 2.05) is 24.3 Å². The number of nitrogens with zero attached hydrogens (tertiary/aromatic N) is 2. The molecule has 3 rings (SSSR count). The van der Waals surface area contributed by atoms with Gasteiger partial charge in [0.25, 0.3) is 0 Å². The van der Waals surface area contributed by atoms with Crippen LogP contribution >= 0.6 is 0 Å². The highest BCUT2D eigenvalue weighted by Crippen LogP contribution is 2.14. The lowest BCUT2D eigenvalue weighted by Gasteiger charge is -1.97. The highest BCUT2D eigenvalue weighted by molar-refractivity contribution is 5.86. The molecule has 0 aliphatic heterocycles. The van der Waals surface area contributed by atoms with Crippen molar-refractivity contribution in [3.8, 4) is 0 Å². The number of rotatable bonds is 4. The van der Waals surface area contributed by atoms with Gasteiger partial charge in [0.05, 0.1) is 11.4 Å². The molecule has 0 aliphatic rings. The van der Waals surface area contributed by atoms with Crippen LogP contribution in [0.3, 0.4) is 0 Å². The van der Waals surface area contributed by atoms with E-state index >= 15 is 0 Å². The van der Waals surface area contributed by atoms with Crippen molar-refractivity contribution < 1.29 is 8.78 Å². The van der Waals surface area contributed by atoms with Gasteiger partial charge >= 0.3 is 0 Å². The molecule has 118 valence electrons. The highest BCUT2D eigenvalue weighted by Gasteiger charge is 1.93. The van der Waals surface area contributed by atoms with E-state index in [1.165, 1.54) is 24.3 Å². The second-order valence-electron chi connectivity index (χ2n) is 5.14. The zero-order valence-corrected chi connectivity index (χ0v) is 12.7. The summed E-state index contributed by atoms with van der Waals surface area (Å²) in [5.41, 5.74) is 3.24. The maximum absolute atomic E-state index is 12.8. The minimum atomic E-state index is -0.279. The second-order valence-corrected chi connectivity index (χ2v) is 5.14. The molecule has 0 aromatic heterocycles. The van der Waals surface area contributed by atoms with Crippen molar-refractivity contribution >= 4 is 23.8 Å². The topological polar surface area (TPSA) is 24.7 Å². The normalized spacial score (nSPS) is 11.4. The number of benzene rings is 3. The Morgan fingerprint density at radius 1 is 0.500 bits per heavy atom.